The third-order valence-electron chi connectivity index (χ3n) is 3.18. The molecule has 0 heterocycles. The van der Waals surface area contributed by atoms with Gasteiger partial charge in [-0.1, -0.05) is 17.7 Å². The molecule has 0 saturated heterocycles. The van der Waals surface area contributed by atoms with Crippen LogP contribution in [0.4, 0.5) is 11.4 Å². The third-order valence-corrected chi connectivity index (χ3v) is 3.54. The van der Waals surface area contributed by atoms with Gasteiger partial charge in [0.05, 0.1) is 11.6 Å². The molecule has 0 aliphatic carbocycles. The van der Waals surface area contributed by atoms with Gasteiger partial charge in [-0.25, -0.2) is 0 Å². The average Bonchev–Trinajstić information content (AvgIpc) is 2.47. The molecule has 0 aliphatic rings. The summed E-state index contributed by atoms with van der Waals surface area (Å²) in [5, 5.41) is 9.48. The molecule has 2 aromatic rings. The third kappa shape index (κ3) is 3.23. The number of hydrogen-bond donors (Lipinski definition) is 1. The lowest BCUT2D eigenvalue weighted by molar-refractivity contribution is 0.832. The van der Waals surface area contributed by atoms with Crippen molar-refractivity contribution < 1.29 is 0 Å². The zero-order valence-electron chi connectivity index (χ0n) is 11.3. The molecule has 0 amide bonds. The molecule has 0 aliphatic heterocycles. The van der Waals surface area contributed by atoms with E-state index in [0.717, 1.165) is 23.5 Å². The summed E-state index contributed by atoms with van der Waals surface area (Å²) in [6, 6.07) is 15.3. The van der Waals surface area contributed by atoms with Gasteiger partial charge in [-0.2, -0.15) is 5.26 Å². The first-order chi connectivity index (χ1) is 9.63. The van der Waals surface area contributed by atoms with Gasteiger partial charge >= 0.3 is 0 Å². The quantitative estimate of drug-likeness (QED) is 0.869. The van der Waals surface area contributed by atoms with Gasteiger partial charge in [0, 0.05) is 29.5 Å². The maximum atomic E-state index is 8.85. The number of rotatable bonds is 4. The van der Waals surface area contributed by atoms with Gasteiger partial charge < -0.3 is 10.6 Å². The number of nitrogens with zero attached hydrogens (tertiary/aromatic N) is 2. The van der Waals surface area contributed by atoms with Crippen LogP contribution in [0.5, 0.6) is 0 Å². The Morgan fingerprint density at radius 3 is 2.45 bits per heavy atom. The van der Waals surface area contributed by atoms with E-state index in [-0.39, 0.29) is 0 Å². The topological polar surface area (TPSA) is 53.0 Å². The smallest absolute Gasteiger partial charge is 0.0992 e. The summed E-state index contributed by atoms with van der Waals surface area (Å²) in [7, 11) is 0. The lowest BCUT2D eigenvalue weighted by Crippen LogP contribution is -2.22. The van der Waals surface area contributed by atoms with Crippen LogP contribution in [0.3, 0.4) is 0 Å². The molecule has 102 valence electrons. The van der Waals surface area contributed by atoms with Crippen molar-refractivity contribution in [2.75, 3.05) is 17.2 Å². The van der Waals surface area contributed by atoms with Crippen LogP contribution < -0.4 is 10.6 Å². The number of benzene rings is 2. The van der Waals surface area contributed by atoms with Crippen LogP contribution >= 0.6 is 11.6 Å². The SMILES string of the molecule is CCN(Cc1ccc(C#N)cc1Cl)c1ccc(N)cc1. The zero-order chi connectivity index (χ0) is 14.5. The van der Waals surface area contributed by atoms with Crippen molar-refractivity contribution in [2.45, 2.75) is 13.5 Å². The Hall–Kier alpha value is -2.18. The van der Waals surface area contributed by atoms with Crippen LogP contribution in [0.25, 0.3) is 0 Å². The van der Waals surface area contributed by atoms with Crippen molar-refractivity contribution in [3.05, 3.63) is 58.6 Å². The van der Waals surface area contributed by atoms with Gasteiger partial charge in [0.2, 0.25) is 0 Å². The summed E-state index contributed by atoms with van der Waals surface area (Å²) in [5.74, 6) is 0. The van der Waals surface area contributed by atoms with Crippen molar-refractivity contribution in [3.8, 4) is 6.07 Å². The maximum absolute atomic E-state index is 8.85. The molecule has 4 heteroatoms. The van der Waals surface area contributed by atoms with Crippen molar-refractivity contribution in [1.82, 2.24) is 0 Å². The summed E-state index contributed by atoms with van der Waals surface area (Å²) in [5.41, 5.74) is 9.14. The highest BCUT2D eigenvalue weighted by Crippen LogP contribution is 2.23. The highest BCUT2D eigenvalue weighted by atomic mass is 35.5. The summed E-state index contributed by atoms with van der Waals surface area (Å²) in [6.45, 7) is 3.65. The van der Waals surface area contributed by atoms with Crippen molar-refractivity contribution >= 4 is 23.0 Å². The number of halogens is 1. The van der Waals surface area contributed by atoms with Gasteiger partial charge in [0.1, 0.15) is 0 Å². The zero-order valence-corrected chi connectivity index (χ0v) is 12.1. The Morgan fingerprint density at radius 2 is 1.90 bits per heavy atom. The molecule has 0 bridgehead atoms. The molecule has 2 aromatic carbocycles. The number of anilines is 2. The van der Waals surface area contributed by atoms with E-state index in [2.05, 4.69) is 17.9 Å². The van der Waals surface area contributed by atoms with Crippen LogP contribution in [-0.4, -0.2) is 6.54 Å². The molecule has 0 spiro atoms. The molecule has 0 radical (unpaired) electrons. The van der Waals surface area contributed by atoms with Gasteiger partial charge in [-0.05, 0) is 48.9 Å². The number of nitrogen functional groups attached to an aromatic ring is 1. The monoisotopic (exact) mass is 285 g/mol. The lowest BCUT2D eigenvalue weighted by Gasteiger charge is -2.24. The Bertz CT molecular complexity index is 629. The molecular formula is C16H16ClN3. The molecule has 3 nitrogen and oxygen atoms in total. The number of nitrogens with two attached hydrogens (primary N) is 1. The molecule has 0 fully saturated rings. The summed E-state index contributed by atoms with van der Waals surface area (Å²) in [6.07, 6.45) is 0. The van der Waals surface area contributed by atoms with E-state index in [1.165, 1.54) is 0 Å². The second-order valence-corrected chi connectivity index (χ2v) is 4.93. The number of nitriles is 1. The molecule has 0 unspecified atom stereocenters. The fourth-order valence-corrected chi connectivity index (χ4v) is 2.26. The second-order valence-electron chi connectivity index (χ2n) is 4.52. The minimum Gasteiger partial charge on any atom is -0.399 e. The Labute approximate surface area is 124 Å². The Kier molecular flexibility index (Phi) is 4.49. The standard InChI is InChI=1S/C16H16ClN3/c1-2-20(15-7-5-14(19)6-8-15)11-13-4-3-12(10-18)9-16(13)17/h3-9H,2,11,19H2,1H3. The first-order valence-corrected chi connectivity index (χ1v) is 6.81. The van der Waals surface area contributed by atoms with E-state index in [1.807, 2.05) is 30.3 Å². The first kappa shape index (κ1) is 14.2. The van der Waals surface area contributed by atoms with Gasteiger partial charge in [0.25, 0.3) is 0 Å². The highest BCUT2D eigenvalue weighted by Gasteiger charge is 2.08. The largest absolute Gasteiger partial charge is 0.399 e. The summed E-state index contributed by atoms with van der Waals surface area (Å²) < 4.78 is 0. The van der Waals surface area contributed by atoms with Crippen LogP contribution in [0.15, 0.2) is 42.5 Å². The highest BCUT2D eigenvalue weighted by molar-refractivity contribution is 6.31. The van der Waals surface area contributed by atoms with E-state index in [9.17, 15) is 0 Å². The molecule has 0 atom stereocenters. The molecule has 0 saturated carbocycles. The predicted octanol–water partition coefficient (Wildman–Crippen LogP) is 3.82. The van der Waals surface area contributed by atoms with Crippen LogP contribution in [-0.2, 0) is 6.54 Å². The van der Waals surface area contributed by atoms with Gasteiger partial charge in [0.15, 0.2) is 0 Å². The van der Waals surface area contributed by atoms with Gasteiger partial charge in [-0.3, -0.25) is 0 Å². The Balaban J connectivity index is 2.22. The van der Waals surface area contributed by atoms with E-state index in [4.69, 9.17) is 22.6 Å². The van der Waals surface area contributed by atoms with E-state index in [1.54, 1.807) is 12.1 Å². The Morgan fingerprint density at radius 1 is 1.20 bits per heavy atom. The first-order valence-electron chi connectivity index (χ1n) is 6.43. The fraction of sp³-hybridized carbons (Fsp3) is 0.188. The van der Waals surface area contributed by atoms with Crippen molar-refractivity contribution in [3.63, 3.8) is 0 Å². The van der Waals surface area contributed by atoms with E-state index >= 15 is 0 Å². The number of hydrogen-bond acceptors (Lipinski definition) is 3. The molecule has 2 rings (SSSR count). The predicted molar refractivity (Wildman–Crippen MR) is 83.7 cm³/mol. The normalized spacial score (nSPS) is 10.1. The van der Waals surface area contributed by atoms with Crippen LogP contribution in [0.1, 0.15) is 18.1 Å². The summed E-state index contributed by atoms with van der Waals surface area (Å²) in [4.78, 5) is 2.20. The molecule has 20 heavy (non-hydrogen) atoms. The molecule has 0 aromatic heterocycles. The lowest BCUT2D eigenvalue weighted by atomic mass is 10.1. The van der Waals surface area contributed by atoms with E-state index < -0.39 is 0 Å². The molecule has 2 N–H and O–H groups in total. The van der Waals surface area contributed by atoms with E-state index in [0.29, 0.717) is 17.1 Å². The van der Waals surface area contributed by atoms with Crippen molar-refractivity contribution in [2.24, 2.45) is 0 Å². The van der Waals surface area contributed by atoms with Crippen molar-refractivity contribution in [1.29, 1.82) is 5.26 Å². The fourth-order valence-electron chi connectivity index (χ4n) is 2.02. The second kappa shape index (κ2) is 6.31. The average molecular weight is 286 g/mol. The van der Waals surface area contributed by atoms with Crippen LogP contribution in [0, 0.1) is 11.3 Å². The molecular weight excluding hydrogens is 270 g/mol. The minimum absolute atomic E-state index is 0.578. The maximum Gasteiger partial charge on any atom is 0.0992 e. The summed E-state index contributed by atoms with van der Waals surface area (Å²) >= 11 is 6.22. The van der Waals surface area contributed by atoms with Crippen LogP contribution in [0.2, 0.25) is 5.02 Å². The van der Waals surface area contributed by atoms with Gasteiger partial charge in [-0.15, -0.1) is 0 Å². The minimum atomic E-state index is 0.578.